The summed E-state index contributed by atoms with van der Waals surface area (Å²) in [7, 11) is 1.61. The highest BCUT2D eigenvalue weighted by Gasteiger charge is 2.46. The van der Waals surface area contributed by atoms with E-state index in [4.69, 9.17) is 31.5 Å². The number of hydrogen-bond donors (Lipinski definition) is 1. The van der Waals surface area contributed by atoms with Crippen LogP contribution in [0.5, 0.6) is 17.2 Å². The third kappa shape index (κ3) is 3.50. The molecule has 0 saturated heterocycles. The van der Waals surface area contributed by atoms with E-state index in [0.717, 1.165) is 27.7 Å². The summed E-state index contributed by atoms with van der Waals surface area (Å²) in [5, 5.41) is 0.936. The van der Waals surface area contributed by atoms with Gasteiger partial charge in [0, 0.05) is 35.6 Å². The van der Waals surface area contributed by atoms with Crippen LogP contribution in [0, 0.1) is 5.95 Å². The molecule has 1 spiro atoms. The van der Waals surface area contributed by atoms with Crippen LogP contribution in [-0.4, -0.2) is 34.7 Å². The molecule has 5 heterocycles. The van der Waals surface area contributed by atoms with Gasteiger partial charge in [-0.05, 0) is 35.9 Å². The van der Waals surface area contributed by atoms with E-state index in [0.29, 0.717) is 36.5 Å². The van der Waals surface area contributed by atoms with Gasteiger partial charge in [0.05, 0.1) is 31.1 Å². The summed E-state index contributed by atoms with van der Waals surface area (Å²) in [6, 6.07) is 11.1. The third-order valence-electron chi connectivity index (χ3n) is 6.32. The molecular formula is C25H19ClFN5O3. The number of hydrogen-bond acceptors (Lipinski definition) is 8. The van der Waals surface area contributed by atoms with Gasteiger partial charge in [0.1, 0.15) is 22.2 Å². The van der Waals surface area contributed by atoms with Crippen molar-refractivity contribution in [1.29, 1.82) is 0 Å². The number of aromatic nitrogens is 3. The molecule has 10 heteroatoms. The number of fused-ring (bicyclic) bond motifs is 5. The van der Waals surface area contributed by atoms with Crippen molar-refractivity contribution in [3.63, 3.8) is 0 Å². The third-order valence-corrected chi connectivity index (χ3v) is 6.51. The topological polar surface area (TPSA) is 105 Å². The Balaban J connectivity index is 1.48. The summed E-state index contributed by atoms with van der Waals surface area (Å²) >= 11 is 6.12. The highest BCUT2D eigenvalue weighted by atomic mass is 35.5. The Kier molecular flexibility index (Phi) is 4.96. The molecule has 0 radical (unpaired) electrons. The van der Waals surface area contributed by atoms with Crippen molar-refractivity contribution in [2.45, 2.75) is 18.4 Å². The van der Waals surface area contributed by atoms with Gasteiger partial charge in [-0.15, -0.1) is 0 Å². The molecule has 1 aromatic carbocycles. The van der Waals surface area contributed by atoms with Gasteiger partial charge in [-0.1, -0.05) is 17.7 Å². The minimum Gasteiger partial charge on any atom is -0.495 e. The van der Waals surface area contributed by atoms with Crippen molar-refractivity contribution in [2.75, 3.05) is 13.7 Å². The first-order chi connectivity index (χ1) is 17.0. The molecule has 6 rings (SSSR count). The molecule has 0 amide bonds. The maximum absolute atomic E-state index is 14.8. The summed E-state index contributed by atoms with van der Waals surface area (Å²) in [4.78, 5) is 17.5. The quantitative estimate of drug-likeness (QED) is 0.420. The molecule has 1 atom stereocenters. The zero-order valence-corrected chi connectivity index (χ0v) is 19.3. The van der Waals surface area contributed by atoms with Gasteiger partial charge in [-0.25, -0.2) is 9.98 Å². The average molecular weight is 492 g/mol. The first-order valence-electron chi connectivity index (χ1n) is 10.9. The predicted octanol–water partition coefficient (Wildman–Crippen LogP) is 4.50. The number of methoxy groups -OCH3 is 1. The predicted molar refractivity (Wildman–Crippen MR) is 128 cm³/mol. The van der Waals surface area contributed by atoms with Gasteiger partial charge < -0.3 is 19.9 Å². The Hall–Kier alpha value is -3.98. The average Bonchev–Trinajstić information content (AvgIpc) is 2.85. The van der Waals surface area contributed by atoms with E-state index < -0.39 is 11.5 Å². The molecule has 2 aliphatic rings. The zero-order valence-electron chi connectivity index (χ0n) is 18.6. The molecule has 0 bridgehead atoms. The summed E-state index contributed by atoms with van der Waals surface area (Å²) in [6.45, 7) is 0.302. The molecule has 35 heavy (non-hydrogen) atoms. The van der Waals surface area contributed by atoms with Gasteiger partial charge in [0.15, 0.2) is 5.75 Å². The fourth-order valence-electron chi connectivity index (χ4n) is 4.73. The molecule has 8 nitrogen and oxygen atoms in total. The second-order valence-electron chi connectivity index (χ2n) is 8.34. The Bertz CT molecular complexity index is 1530. The van der Waals surface area contributed by atoms with E-state index in [1.54, 1.807) is 31.6 Å². The number of ether oxygens (including phenoxy) is 3. The minimum atomic E-state index is -1.02. The Morgan fingerprint density at radius 1 is 1.17 bits per heavy atom. The molecular weight excluding hydrogens is 473 g/mol. The molecule has 176 valence electrons. The van der Waals surface area contributed by atoms with Crippen LogP contribution in [-0.2, 0) is 16.7 Å². The Morgan fingerprint density at radius 3 is 2.89 bits per heavy atom. The Morgan fingerprint density at radius 2 is 2.06 bits per heavy atom. The fourth-order valence-corrected chi connectivity index (χ4v) is 4.92. The summed E-state index contributed by atoms with van der Waals surface area (Å²) < 4.78 is 31.4. The van der Waals surface area contributed by atoms with Crippen LogP contribution in [0.4, 0.5) is 4.39 Å². The van der Waals surface area contributed by atoms with E-state index >= 15 is 0 Å². The number of aliphatic imine (C=N–C) groups is 1. The lowest BCUT2D eigenvalue weighted by molar-refractivity contribution is 0.217. The highest BCUT2D eigenvalue weighted by molar-refractivity contribution is 6.29. The van der Waals surface area contributed by atoms with Gasteiger partial charge in [-0.3, -0.25) is 9.97 Å². The molecule has 0 fully saturated rings. The normalized spacial score (nSPS) is 18.3. The number of amidine groups is 1. The molecule has 2 aliphatic heterocycles. The van der Waals surface area contributed by atoms with Crippen LogP contribution in [0.15, 0.2) is 53.8 Å². The number of pyridine rings is 3. The maximum atomic E-state index is 14.8. The summed E-state index contributed by atoms with van der Waals surface area (Å²) in [6.07, 6.45) is 4.35. The Labute approximate surface area is 204 Å². The molecule has 0 unspecified atom stereocenters. The second kappa shape index (κ2) is 8.06. The summed E-state index contributed by atoms with van der Waals surface area (Å²) in [5.74, 6) is 0.332. The lowest BCUT2D eigenvalue weighted by atomic mass is 9.77. The van der Waals surface area contributed by atoms with Crippen molar-refractivity contribution in [2.24, 2.45) is 10.7 Å². The number of rotatable bonds is 3. The van der Waals surface area contributed by atoms with Crippen LogP contribution in [0.25, 0.3) is 10.9 Å². The number of benzene rings is 1. The molecule has 4 aromatic rings. The lowest BCUT2D eigenvalue weighted by Gasteiger charge is -2.39. The maximum Gasteiger partial charge on any atom is 0.283 e. The van der Waals surface area contributed by atoms with Gasteiger partial charge in [0.25, 0.3) is 12.0 Å². The SMILES string of the molecule is COc1cnc2c(Cc3ccc4c(c3)[C@@]3(CCOC(N)=N3)c3cc(Cl)nc(F)c3O4)nccc2c1. The number of nitrogens with zero attached hydrogens (tertiary/aromatic N) is 4. The smallest absolute Gasteiger partial charge is 0.283 e. The largest absolute Gasteiger partial charge is 0.495 e. The van der Waals surface area contributed by atoms with Gasteiger partial charge in [0.2, 0.25) is 0 Å². The van der Waals surface area contributed by atoms with E-state index in [2.05, 4.69) is 19.9 Å². The van der Waals surface area contributed by atoms with E-state index in [1.807, 2.05) is 24.3 Å². The van der Waals surface area contributed by atoms with E-state index in [-0.39, 0.29) is 16.9 Å². The number of nitrogens with two attached hydrogens (primary N) is 1. The molecule has 2 N–H and O–H groups in total. The first kappa shape index (κ1) is 21.5. The first-order valence-corrected chi connectivity index (χ1v) is 11.3. The van der Waals surface area contributed by atoms with Crippen molar-refractivity contribution in [1.82, 2.24) is 15.0 Å². The minimum absolute atomic E-state index is 0.00514. The van der Waals surface area contributed by atoms with Gasteiger partial charge >= 0.3 is 0 Å². The van der Waals surface area contributed by atoms with Crippen molar-refractivity contribution < 1.29 is 18.6 Å². The van der Waals surface area contributed by atoms with Crippen molar-refractivity contribution in [3.8, 4) is 17.2 Å². The zero-order chi connectivity index (χ0) is 24.2. The van der Waals surface area contributed by atoms with Gasteiger partial charge in [-0.2, -0.15) is 4.39 Å². The van der Waals surface area contributed by atoms with Crippen LogP contribution in [0.1, 0.15) is 28.8 Å². The highest BCUT2D eigenvalue weighted by Crippen LogP contribution is 2.53. The molecule has 0 saturated carbocycles. The van der Waals surface area contributed by atoms with Crippen LogP contribution >= 0.6 is 11.6 Å². The van der Waals surface area contributed by atoms with Crippen molar-refractivity contribution >= 4 is 28.5 Å². The summed E-state index contributed by atoms with van der Waals surface area (Å²) in [5.41, 5.74) is 8.72. The number of halogens is 2. The van der Waals surface area contributed by atoms with Crippen LogP contribution in [0.3, 0.4) is 0 Å². The van der Waals surface area contributed by atoms with Crippen LogP contribution in [0.2, 0.25) is 5.15 Å². The van der Waals surface area contributed by atoms with Crippen LogP contribution < -0.4 is 15.2 Å². The second-order valence-corrected chi connectivity index (χ2v) is 8.72. The van der Waals surface area contributed by atoms with E-state index in [9.17, 15) is 4.39 Å². The molecule has 3 aromatic heterocycles. The van der Waals surface area contributed by atoms with Crippen molar-refractivity contribution in [3.05, 3.63) is 82.3 Å². The standard InChI is InChI=1S/C25H19ClFN5O3/c1-33-15-10-14-4-6-29-18(21(14)30-12-15)9-13-2-3-19-16(8-13)25(5-7-34-24(28)32-25)17-11-20(26)31-23(27)22(17)35-19/h2-4,6,8,10-12H,5,7,9H2,1H3,(H2,28,32)/t25-/m0/s1. The fraction of sp³-hybridized carbons (Fsp3) is 0.200. The monoisotopic (exact) mass is 491 g/mol. The van der Waals surface area contributed by atoms with E-state index in [1.165, 1.54) is 0 Å². The lowest BCUT2D eigenvalue weighted by Crippen LogP contribution is -2.39. The molecule has 0 aliphatic carbocycles.